The number of para-hydroxylation sites is 1. The van der Waals surface area contributed by atoms with Gasteiger partial charge < -0.3 is 18.9 Å². The van der Waals surface area contributed by atoms with Crippen molar-refractivity contribution in [1.82, 2.24) is 9.55 Å². The number of anilines is 1. The van der Waals surface area contributed by atoms with Crippen molar-refractivity contribution in [3.63, 3.8) is 0 Å². The second-order valence-electron chi connectivity index (χ2n) is 10.0. The third kappa shape index (κ3) is 4.37. The molecule has 0 aliphatic carbocycles. The molecular weight excluding hydrogens is 458 g/mol. The molecule has 6 rings (SSSR count). The van der Waals surface area contributed by atoms with Crippen molar-refractivity contribution in [2.75, 3.05) is 11.7 Å². The number of nitrogens with zero attached hydrogens (tertiary/aromatic N) is 3. The van der Waals surface area contributed by atoms with Gasteiger partial charge in [-0.25, -0.2) is 4.98 Å². The lowest BCUT2D eigenvalue weighted by atomic mass is 9.92. The Balaban J connectivity index is 1.51. The van der Waals surface area contributed by atoms with Crippen LogP contribution in [0.25, 0.3) is 22.6 Å². The van der Waals surface area contributed by atoms with Crippen molar-refractivity contribution in [3.8, 4) is 34.1 Å². The zero-order valence-corrected chi connectivity index (χ0v) is 21.8. The monoisotopic (exact) mass is 493 g/mol. The maximum atomic E-state index is 5.71. The van der Waals surface area contributed by atoms with Crippen molar-refractivity contribution in [3.05, 3.63) is 84.1 Å². The highest BCUT2D eigenvalue weighted by Gasteiger charge is 2.36. The van der Waals surface area contributed by atoms with Crippen molar-refractivity contribution >= 4 is 5.69 Å². The number of fused-ring (bicyclic) bond motifs is 4. The van der Waals surface area contributed by atoms with Gasteiger partial charge in [-0.1, -0.05) is 87.7 Å². The van der Waals surface area contributed by atoms with E-state index in [1.54, 1.807) is 0 Å². The molecule has 0 saturated carbocycles. The third-order valence-corrected chi connectivity index (χ3v) is 7.56. The summed E-state index contributed by atoms with van der Waals surface area (Å²) >= 11 is 0. The molecule has 0 bridgehead atoms. The summed E-state index contributed by atoms with van der Waals surface area (Å²) in [6.07, 6.45) is 5.71. The lowest BCUT2D eigenvalue weighted by Gasteiger charge is -2.39. The quantitative estimate of drug-likeness (QED) is 0.237. The minimum absolute atomic E-state index is 0.247. The van der Waals surface area contributed by atoms with E-state index in [1.807, 2.05) is 6.07 Å². The van der Waals surface area contributed by atoms with E-state index in [0.717, 1.165) is 55.4 Å². The van der Waals surface area contributed by atoms with Crippen molar-refractivity contribution in [2.24, 2.45) is 0 Å². The summed E-state index contributed by atoms with van der Waals surface area (Å²) in [4.78, 5) is 7.96. The summed E-state index contributed by atoms with van der Waals surface area (Å²) in [5.41, 5.74) is 7.40. The molecule has 4 aromatic rings. The van der Waals surface area contributed by atoms with Gasteiger partial charge in [0.25, 0.3) is 0 Å². The molecule has 0 radical (unpaired) electrons. The van der Waals surface area contributed by atoms with Gasteiger partial charge in [0.05, 0.1) is 17.4 Å². The highest BCUT2D eigenvalue weighted by Crippen LogP contribution is 2.48. The van der Waals surface area contributed by atoms with Crippen LogP contribution in [0.5, 0.6) is 11.5 Å². The molecule has 1 aromatic heterocycles. The lowest BCUT2D eigenvalue weighted by Crippen LogP contribution is -2.33. The van der Waals surface area contributed by atoms with E-state index < -0.39 is 0 Å². The van der Waals surface area contributed by atoms with Gasteiger partial charge in [-0.05, 0) is 36.6 Å². The first-order valence-corrected chi connectivity index (χ1v) is 13.7. The minimum atomic E-state index is 0.247. The Bertz CT molecular complexity index is 1380. The Hall–Kier alpha value is -3.73. The molecule has 5 nitrogen and oxygen atoms in total. The van der Waals surface area contributed by atoms with Gasteiger partial charge in [0.2, 0.25) is 6.79 Å². The van der Waals surface area contributed by atoms with Gasteiger partial charge in [-0.15, -0.1) is 0 Å². The molecule has 0 spiro atoms. The molecule has 3 aromatic carbocycles. The summed E-state index contributed by atoms with van der Waals surface area (Å²) in [6, 6.07) is 26.1. The number of hydrogen-bond donors (Lipinski definition) is 0. The van der Waals surface area contributed by atoms with Gasteiger partial charge in [0.15, 0.2) is 11.5 Å². The van der Waals surface area contributed by atoms with Crippen LogP contribution in [0.3, 0.4) is 0 Å². The Morgan fingerprint density at radius 3 is 2.49 bits per heavy atom. The Morgan fingerprint density at radius 1 is 0.865 bits per heavy atom. The normalized spacial score (nSPS) is 15.5. The molecule has 37 heavy (non-hydrogen) atoms. The maximum Gasteiger partial charge on any atom is 0.231 e. The topological polar surface area (TPSA) is 39.5 Å². The first-order chi connectivity index (χ1) is 18.3. The van der Waals surface area contributed by atoms with Gasteiger partial charge in [0, 0.05) is 29.9 Å². The minimum Gasteiger partial charge on any atom is -0.454 e. The average molecular weight is 494 g/mol. The molecular formula is C32H35N3O2. The van der Waals surface area contributed by atoms with E-state index in [2.05, 4.69) is 90.0 Å². The second kappa shape index (κ2) is 10.3. The van der Waals surface area contributed by atoms with E-state index >= 15 is 0 Å². The lowest BCUT2D eigenvalue weighted by molar-refractivity contribution is 0.174. The molecule has 5 heteroatoms. The van der Waals surface area contributed by atoms with Crippen LogP contribution in [0.4, 0.5) is 5.69 Å². The molecule has 3 heterocycles. The zero-order valence-electron chi connectivity index (χ0n) is 21.8. The maximum absolute atomic E-state index is 5.71. The first kappa shape index (κ1) is 23.7. The summed E-state index contributed by atoms with van der Waals surface area (Å²) in [7, 11) is 0. The molecule has 0 fully saturated rings. The highest BCUT2D eigenvalue weighted by atomic mass is 16.7. The fourth-order valence-corrected chi connectivity index (χ4v) is 5.71. The number of imidazole rings is 1. The van der Waals surface area contributed by atoms with E-state index in [0.29, 0.717) is 6.79 Å². The number of benzene rings is 3. The van der Waals surface area contributed by atoms with Crippen LogP contribution in [0, 0.1) is 0 Å². The summed E-state index contributed by atoms with van der Waals surface area (Å²) < 4.78 is 13.8. The van der Waals surface area contributed by atoms with Crippen LogP contribution in [-0.2, 0) is 13.1 Å². The van der Waals surface area contributed by atoms with Crippen LogP contribution in [0.2, 0.25) is 0 Å². The van der Waals surface area contributed by atoms with Crippen molar-refractivity contribution in [1.29, 1.82) is 0 Å². The molecule has 1 atom stereocenters. The number of hydrogen-bond acceptors (Lipinski definition) is 4. The highest BCUT2D eigenvalue weighted by molar-refractivity contribution is 5.83. The fraction of sp³-hybridized carbons (Fsp3) is 0.344. The SMILES string of the molecule is CCCC[C@H]1c2c(nc(-c3ccccc3)n2CCCC)-c2ccccc2N1Cc1ccc2c(c1)OCO2. The van der Waals surface area contributed by atoms with E-state index in [4.69, 9.17) is 14.5 Å². The number of aromatic nitrogens is 2. The van der Waals surface area contributed by atoms with Crippen molar-refractivity contribution < 1.29 is 9.47 Å². The third-order valence-electron chi connectivity index (χ3n) is 7.56. The standard InChI is InChI=1S/C32H35N3O2/c1-3-5-15-27-31-30(33-32(34(31)19-6-4-2)24-12-8-7-9-13-24)25-14-10-11-16-26(25)35(27)21-23-17-18-28-29(20-23)37-22-36-28/h7-14,16-18,20,27H,3-6,15,19,21-22H2,1-2H3/t27-/m0/s1. The number of ether oxygens (including phenoxy) is 2. The average Bonchev–Trinajstić information content (AvgIpc) is 3.57. The molecule has 2 aliphatic heterocycles. The molecule has 0 amide bonds. The van der Waals surface area contributed by atoms with Crippen molar-refractivity contribution in [2.45, 2.75) is 65.1 Å². The van der Waals surface area contributed by atoms with Crippen LogP contribution < -0.4 is 14.4 Å². The largest absolute Gasteiger partial charge is 0.454 e. The van der Waals surface area contributed by atoms with Gasteiger partial charge in [-0.3, -0.25) is 0 Å². The fourth-order valence-electron chi connectivity index (χ4n) is 5.71. The summed E-state index contributed by atoms with van der Waals surface area (Å²) in [6.45, 7) is 6.63. The molecule has 190 valence electrons. The summed E-state index contributed by atoms with van der Waals surface area (Å²) in [5, 5.41) is 0. The Labute approximate surface area is 219 Å². The smallest absolute Gasteiger partial charge is 0.231 e. The van der Waals surface area contributed by atoms with E-state index in [-0.39, 0.29) is 6.04 Å². The van der Waals surface area contributed by atoms with Crippen LogP contribution in [0.1, 0.15) is 63.3 Å². The molecule has 0 unspecified atom stereocenters. The Morgan fingerprint density at radius 2 is 1.65 bits per heavy atom. The first-order valence-electron chi connectivity index (χ1n) is 13.7. The van der Waals surface area contributed by atoms with E-state index in [1.165, 1.54) is 40.9 Å². The molecule has 2 aliphatic rings. The van der Waals surface area contributed by atoms with Crippen LogP contribution >= 0.6 is 0 Å². The molecule has 0 N–H and O–H groups in total. The van der Waals surface area contributed by atoms with E-state index in [9.17, 15) is 0 Å². The predicted molar refractivity (Wildman–Crippen MR) is 149 cm³/mol. The molecule has 0 saturated heterocycles. The predicted octanol–water partition coefficient (Wildman–Crippen LogP) is 8.00. The Kier molecular flexibility index (Phi) is 6.60. The second-order valence-corrected chi connectivity index (χ2v) is 10.0. The zero-order chi connectivity index (χ0) is 25.2. The van der Waals surface area contributed by atoms with Gasteiger partial charge >= 0.3 is 0 Å². The van der Waals surface area contributed by atoms with Crippen LogP contribution in [0.15, 0.2) is 72.8 Å². The summed E-state index contributed by atoms with van der Waals surface area (Å²) in [5.74, 6) is 2.76. The van der Waals surface area contributed by atoms with Gasteiger partial charge in [-0.2, -0.15) is 0 Å². The van der Waals surface area contributed by atoms with Crippen LogP contribution in [-0.4, -0.2) is 16.3 Å². The van der Waals surface area contributed by atoms with Gasteiger partial charge in [0.1, 0.15) is 5.82 Å². The number of rotatable bonds is 9. The number of unbranched alkanes of at least 4 members (excludes halogenated alkanes) is 2.